The van der Waals surface area contributed by atoms with Gasteiger partial charge in [0.2, 0.25) is 0 Å². The monoisotopic (exact) mass is 364 g/mol. The second kappa shape index (κ2) is 8.54. The standard InChI is InChI=1S/C22H24N2O3/c1-15(2)27-19-11-6-17(7-12-19)14-20-22(25)24-21(23-20)13-8-16-4-9-18(26-3)10-5-16/h4-7,9-12,14-15H,8,13H2,1-3H3,(H,23,24,25)/b20-14+. The highest BCUT2D eigenvalue weighted by Crippen LogP contribution is 2.19. The lowest BCUT2D eigenvalue weighted by molar-refractivity contribution is -0.115. The van der Waals surface area contributed by atoms with E-state index in [2.05, 4.69) is 10.3 Å². The van der Waals surface area contributed by atoms with Gasteiger partial charge in [-0.25, -0.2) is 4.99 Å². The number of nitrogens with one attached hydrogen (secondary N) is 1. The molecular weight excluding hydrogens is 340 g/mol. The first kappa shape index (κ1) is 18.7. The van der Waals surface area contributed by atoms with E-state index in [-0.39, 0.29) is 12.0 Å². The first-order chi connectivity index (χ1) is 13.0. The zero-order chi connectivity index (χ0) is 19.2. The quantitative estimate of drug-likeness (QED) is 0.756. The van der Waals surface area contributed by atoms with Gasteiger partial charge in [0.25, 0.3) is 5.91 Å². The molecule has 0 spiro atoms. The molecule has 0 aromatic heterocycles. The number of benzene rings is 2. The summed E-state index contributed by atoms with van der Waals surface area (Å²) in [5, 5.41) is 2.85. The molecule has 0 unspecified atom stereocenters. The van der Waals surface area contributed by atoms with E-state index in [1.165, 1.54) is 5.56 Å². The Balaban J connectivity index is 1.63. The number of aryl methyl sites for hydroxylation is 1. The topological polar surface area (TPSA) is 59.9 Å². The van der Waals surface area contributed by atoms with Gasteiger partial charge in [0.05, 0.1) is 13.2 Å². The highest BCUT2D eigenvalue weighted by molar-refractivity contribution is 6.14. The molecule has 1 amide bonds. The Bertz CT molecular complexity index is 850. The molecule has 2 aromatic carbocycles. The van der Waals surface area contributed by atoms with E-state index < -0.39 is 0 Å². The van der Waals surface area contributed by atoms with Crippen molar-refractivity contribution in [2.45, 2.75) is 32.8 Å². The summed E-state index contributed by atoms with van der Waals surface area (Å²) in [6.07, 6.45) is 3.40. The van der Waals surface area contributed by atoms with E-state index in [1.54, 1.807) is 13.2 Å². The number of carbonyl (C=O) groups excluding carboxylic acids is 1. The smallest absolute Gasteiger partial charge is 0.275 e. The van der Waals surface area contributed by atoms with Gasteiger partial charge >= 0.3 is 0 Å². The van der Waals surface area contributed by atoms with Gasteiger partial charge in [-0.15, -0.1) is 0 Å². The third kappa shape index (κ3) is 5.20. The van der Waals surface area contributed by atoms with Crippen molar-refractivity contribution in [2.24, 2.45) is 4.99 Å². The van der Waals surface area contributed by atoms with Crippen molar-refractivity contribution in [1.29, 1.82) is 0 Å². The van der Waals surface area contributed by atoms with Crippen molar-refractivity contribution in [3.05, 3.63) is 65.4 Å². The van der Waals surface area contributed by atoms with Crippen LogP contribution in [0.3, 0.4) is 0 Å². The van der Waals surface area contributed by atoms with Crippen molar-refractivity contribution in [3.63, 3.8) is 0 Å². The summed E-state index contributed by atoms with van der Waals surface area (Å²) in [6.45, 7) is 3.97. The van der Waals surface area contributed by atoms with Gasteiger partial charge in [-0.2, -0.15) is 0 Å². The first-order valence-corrected chi connectivity index (χ1v) is 9.04. The van der Waals surface area contributed by atoms with Gasteiger partial charge < -0.3 is 14.8 Å². The predicted molar refractivity (Wildman–Crippen MR) is 107 cm³/mol. The first-order valence-electron chi connectivity index (χ1n) is 9.04. The number of nitrogens with zero attached hydrogens (tertiary/aromatic N) is 1. The average Bonchev–Trinajstić information content (AvgIpc) is 3.01. The van der Waals surface area contributed by atoms with E-state index in [4.69, 9.17) is 9.47 Å². The van der Waals surface area contributed by atoms with E-state index in [9.17, 15) is 4.79 Å². The minimum Gasteiger partial charge on any atom is -0.497 e. The van der Waals surface area contributed by atoms with Crippen LogP contribution in [-0.4, -0.2) is 25.0 Å². The minimum absolute atomic E-state index is 0.132. The van der Waals surface area contributed by atoms with Crippen LogP contribution in [-0.2, 0) is 11.2 Å². The molecule has 0 atom stereocenters. The number of aliphatic imine (C=N–C) groups is 1. The molecule has 0 saturated carbocycles. The number of ether oxygens (including phenoxy) is 2. The highest BCUT2D eigenvalue weighted by Gasteiger charge is 2.19. The molecule has 5 heteroatoms. The van der Waals surface area contributed by atoms with E-state index in [1.807, 2.05) is 62.4 Å². The third-order valence-corrected chi connectivity index (χ3v) is 4.11. The van der Waals surface area contributed by atoms with E-state index >= 15 is 0 Å². The maximum atomic E-state index is 12.2. The van der Waals surface area contributed by atoms with Crippen LogP contribution in [0.15, 0.2) is 59.2 Å². The van der Waals surface area contributed by atoms with Crippen LogP contribution in [0.4, 0.5) is 0 Å². The fourth-order valence-corrected chi connectivity index (χ4v) is 2.76. The Morgan fingerprint density at radius 2 is 1.67 bits per heavy atom. The third-order valence-electron chi connectivity index (χ3n) is 4.11. The van der Waals surface area contributed by atoms with Gasteiger partial charge in [0.15, 0.2) is 0 Å². The lowest BCUT2D eigenvalue weighted by atomic mass is 10.1. The molecule has 140 valence electrons. The van der Waals surface area contributed by atoms with Crippen LogP contribution in [0.1, 0.15) is 31.4 Å². The fourth-order valence-electron chi connectivity index (χ4n) is 2.76. The number of carbonyl (C=O) groups is 1. The molecular formula is C22H24N2O3. The average molecular weight is 364 g/mol. The number of hydrogen-bond donors (Lipinski definition) is 1. The molecule has 1 aliphatic rings. The summed E-state index contributed by atoms with van der Waals surface area (Å²) >= 11 is 0. The Labute approximate surface area is 159 Å². The summed E-state index contributed by atoms with van der Waals surface area (Å²) in [6, 6.07) is 15.5. The number of hydrogen-bond acceptors (Lipinski definition) is 4. The number of methoxy groups -OCH3 is 1. The van der Waals surface area contributed by atoms with Crippen LogP contribution in [0.2, 0.25) is 0 Å². The van der Waals surface area contributed by atoms with Crippen LogP contribution in [0.5, 0.6) is 11.5 Å². The van der Waals surface area contributed by atoms with Crippen molar-refractivity contribution < 1.29 is 14.3 Å². The minimum atomic E-state index is -0.165. The molecule has 1 N–H and O–H groups in total. The summed E-state index contributed by atoms with van der Waals surface area (Å²) in [4.78, 5) is 16.6. The SMILES string of the molecule is COc1ccc(CCC2=N/C(=C/c3ccc(OC(C)C)cc3)C(=O)N2)cc1. The molecule has 3 rings (SSSR count). The molecule has 0 fully saturated rings. The molecule has 1 aliphatic heterocycles. The molecule has 0 bridgehead atoms. The Kier molecular flexibility index (Phi) is 5.91. The number of amides is 1. The largest absolute Gasteiger partial charge is 0.497 e. The van der Waals surface area contributed by atoms with Crippen molar-refractivity contribution >= 4 is 17.8 Å². The van der Waals surface area contributed by atoms with Crippen LogP contribution in [0.25, 0.3) is 6.08 Å². The fraction of sp³-hybridized carbons (Fsp3) is 0.273. The number of amidine groups is 1. The van der Waals surface area contributed by atoms with Crippen LogP contribution >= 0.6 is 0 Å². The number of rotatable bonds is 7. The zero-order valence-electron chi connectivity index (χ0n) is 15.9. The summed E-state index contributed by atoms with van der Waals surface area (Å²) in [7, 11) is 1.65. The zero-order valence-corrected chi connectivity index (χ0v) is 15.9. The Morgan fingerprint density at radius 3 is 2.30 bits per heavy atom. The second-order valence-corrected chi connectivity index (χ2v) is 6.63. The van der Waals surface area contributed by atoms with Gasteiger partial charge in [-0.1, -0.05) is 24.3 Å². The summed E-state index contributed by atoms with van der Waals surface area (Å²) in [5.41, 5.74) is 2.51. The van der Waals surface area contributed by atoms with Crippen molar-refractivity contribution in [1.82, 2.24) is 5.32 Å². The van der Waals surface area contributed by atoms with E-state index in [0.29, 0.717) is 18.0 Å². The van der Waals surface area contributed by atoms with Gasteiger partial charge in [0, 0.05) is 6.42 Å². The maximum absolute atomic E-state index is 12.2. The van der Waals surface area contributed by atoms with Gasteiger partial charge in [0.1, 0.15) is 23.0 Å². The van der Waals surface area contributed by atoms with Gasteiger partial charge in [-0.3, -0.25) is 4.79 Å². The Morgan fingerprint density at radius 1 is 1.00 bits per heavy atom. The van der Waals surface area contributed by atoms with Crippen molar-refractivity contribution in [3.8, 4) is 11.5 Å². The van der Waals surface area contributed by atoms with Crippen molar-refractivity contribution in [2.75, 3.05) is 7.11 Å². The van der Waals surface area contributed by atoms with E-state index in [0.717, 1.165) is 23.5 Å². The molecule has 5 nitrogen and oxygen atoms in total. The highest BCUT2D eigenvalue weighted by atomic mass is 16.5. The van der Waals surface area contributed by atoms with Crippen LogP contribution in [0, 0.1) is 0 Å². The molecule has 0 saturated heterocycles. The summed E-state index contributed by atoms with van der Waals surface area (Å²) in [5.74, 6) is 2.18. The normalized spacial score (nSPS) is 15.0. The molecule has 2 aromatic rings. The summed E-state index contributed by atoms with van der Waals surface area (Å²) < 4.78 is 10.8. The molecule has 0 radical (unpaired) electrons. The molecule has 27 heavy (non-hydrogen) atoms. The second-order valence-electron chi connectivity index (χ2n) is 6.63. The van der Waals surface area contributed by atoms with Gasteiger partial charge in [-0.05, 0) is 61.7 Å². The molecule has 1 heterocycles. The predicted octanol–water partition coefficient (Wildman–Crippen LogP) is 3.98. The lowest BCUT2D eigenvalue weighted by Crippen LogP contribution is -2.24. The van der Waals surface area contributed by atoms with Crippen LogP contribution < -0.4 is 14.8 Å². The lowest BCUT2D eigenvalue weighted by Gasteiger charge is -2.09. The Hall–Kier alpha value is -3.08. The molecule has 0 aliphatic carbocycles. The maximum Gasteiger partial charge on any atom is 0.275 e.